The van der Waals surface area contributed by atoms with E-state index in [0.717, 1.165) is 24.3 Å². The number of hydrogen-bond acceptors (Lipinski definition) is 4. The molecule has 0 aromatic heterocycles. The van der Waals surface area contributed by atoms with Crippen LogP contribution in [0.4, 0.5) is 17.6 Å². The molecule has 0 atom stereocenters. The van der Waals surface area contributed by atoms with Crippen LogP contribution in [0.1, 0.15) is 22.3 Å². The van der Waals surface area contributed by atoms with Crippen LogP contribution < -0.4 is 0 Å². The van der Waals surface area contributed by atoms with E-state index in [9.17, 15) is 38.6 Å². The molecule has 4 nitrogen and oxygen atoms in total. The summed E-state index contributed by atoms with van der Waals surface area (Å²) in [7, 11) is 0. The molecule has 1 aliphatic carbocycles. The third-order valence-corrected chi connectivity index (χ3v) is 6.32. The summed E-state index contributed by atoms with van der Waals surface area (Å²) in [5.74, 6) is -3.67. The molecule has 8 heteroatoms. The van der Waals surface area contributed by atoms with Gasteiger partial charge in [-0.25, -0.2) is 17.6 Å². The van der Waals surface area contributed by atoms with Gasteiger partial charge in [0.15, 0.2) is 0 Å². The lowest BCUT2D eigenvalue weighted by atomic mass is 9.91. The summed E-state index contributed by atoms with van der Waals surface area (Å²) in [5.41, 5.74) is -0.629. The summed E-state index contributed by atoms with van der Waals surface area (Å²) in [6.45, 7) is 0. The van der Waals surface area contributed by atoms with Gasteiger partial charge in [-0.3, -0.25) is 0 Å². The molecule has 0 aliphatic heterocycles. The van der Waals surface area contributed by atoms with Crippen molar-refractivity contribution >= 4 is 5.57 Å². The summed E-state index contributed by atoms with van der Waals surface area (Å²) in [4.78, 5) is 0. The highest BCUT2D eigenvalue weighted by Gasteiger charge is 2.31. The van der Waals surface area contributed by atoms with Crippen LogP contribution in [0.25, 0.3) is 39.0 Å². The number of rotatable bonds is 2. The molecule has 0 amide bonds. The van der Waals surface area contributed by atoms with Gasteiger partial charge >= 0.3 is 0 Å². The van der Waals surface area contributed by atoms with Crippen molar-refractivity contribution in [3.05, 3.63) is 112 Å². The van der Waals surface area contributed by atoms with E-state index >= 15 is 0 Å². The molecule has 0 spiro atoms. The van der Waals surface area contributed by atoms with Gasteiger partial charge < -0.3 is 0 Å². The van der Waals surface area contributed by atoms with Gasteiger partial charge in [0.2, 0.25) is 0 Å². The van der Waals surface area contributed by atoms with E-state index in [-0.39, 0.29) is 55.7 Å². The van der Waals surface area contributed by atoms with E-state index in [0.29, 0.717) is 0 Å². The van der Waals surface area contributed by atoms with Crippen LogP contribution in [-0.4, -0.2) is 0 Å². The van der Waals surface area contributed by atoms with E-state index in [1.807, 2.05) is 12.1 Å². The Balaban J connectivity index is 1.94. The van der Waals surface area contributed by atoms with Crippen LogP contribution in [0.5, 0.6) is 0 Å². The third-order valence-electron chi connectivity index (χ3n) is 6.32. The highest BCUT2D eigenvalue weighted by Crippen LogP contribution is 2.50. The fourth-order valence-corrected chi connectivity index (χ4v) is 4.72. The molecule has 4 aromatic carbocycles. The largest absolute Gasteiger partial charge is 0.206 e. The van der Waals surface area contributed by atoms with E-state index in [4.69, 9.17) is 0 Å². The molecule has 0 radical (unpaired) electrons. The van der Waals surface area contributed by atoms with Gasteiger partial charge in [0.05, 0.1) is 34.4 Å². The molecular weight excluding hydrogens is 492 g/mol. The number of nitriles is 4. The zero-order valence-corrected chi connectivity index (χ0v) is 19.1. The first-order valence-electron chi connectivity index (χ1n) is 10.9. The predicted octanol–water partition coefficient (Wildman–Crippen LogP) is 7.15. The number of allylic oxidation sites excluding steroid dienone is 1. The van der Waals surface area contributed by atoms with E-state index in [1.165, 1.54) is 36.4 Å². The minimum atomic E-state index is -0.917. The number of halogens is 4. The number of benzene rings is 4. The number of nitrogens with zero attached hydrogens (tertiary/aromatic N) is 4. The van der Waals surface area contributed by atoms with Gasteiger partial charge in [-0.05, 0) is 70.8 Å². The Morgan fingerprint density at radius 1 is 0.500 bits per heavy atom. The van der Waals surface area contributed by atoms with Crippen LogP contribution in [0.2, 0.25) is 0 Å². The molecule has 0 N–H and O–H groups in total. The van der Waals surface area contributed by atoms with Crippen LogP contribution in [0.3, 0.4) is 0 Å². The van der Waals surface area contributed by atoms with Gasteiger partial charge in [-0.2, -0.15) is 21.0 Å². The summed E-state index contributed by atoms with van der Waals surface area (Å²) in [6, 6.07) is 19.2. The second-order valence-corrected chi connectivity index (χ2v) is 8.28. The Kier molecular flexibility index (Phi) is 5.73. The van der Waals surface area contributed by atoms with Crippen molar-refractivity contribution in [2.24, 2.45) is 0 Å². The Bertz CT molecular complexity index is 1730. The lowest BCUT2D eigenvalue weighted by Crippen LogP contribution is -1.95. The molecule has 0 saturated heterocycles. The van der Waals surface area contributed by atoms with Crippen molar-refractivity contribution in [2.75, 3.05) is 0 Å². The van der Waals surface area contributed by atoms with Crippen LogP contribution in [-0.2, 0) is 0 Å². The molecule has 0 fully saturated rings. The second-order valence-electron chi connectivity index (χ2n) is 8.28. The number of hydrogen-bond donors (Lipinski definition) is 0. The maximum Gasteiger partial charge on any atom is 0.138 e. The first kappa shape index (κ1) is 24.0. The lowest BCUT2D eigenvalue weighted by molar-refractivity contribution is 0.589. The lowest BCUT2D eigenvalue weighted by Gasteiger charge is -2.12. The van der Waals surface area contributed by atoms with E-state index in [1.54, 1.807) is 12.1 Å². The van der Waals surface area contributed by atoms with E-state index < -0.39 is 34.4 Å². The normalized spacial score (nSPS) is 11.0. The highest BCUT2D eigenvalue weighted by molar-refractivity contribution is 6.07. The minimum absolute atomic E-state index is 0.0903. The Morgan fingerprint density at radius 3 is 1.18 bits per heavy atom. The Morgan fingerprint density at radius 2 is 0.868 bits per heavy atom. The quantitative estimate of drug-likeness (QED) is 0.189. The zero-order valence-electron chi connectivity index (χ0n) is 19.1. The molecule has 5 rings (SSSR count). The summed E-state index contributed by atoms with van der Waals surface area (Å²) in [6.07, 6.45) is 0. The Labute approximate surface area is 213 Å². The average Bonchev–Trinajstić information content (AvgIpc) is 3.20. The zero-order chi connectivity index (χ0) is 27.1. The molecule has 0 bridgehead atoms. The molecule has 1 aliphatic rings. The standard InChI is InChI=1S/C30H10F4N4/c31-24-3-1-4-25(32)29(24)18-9-20-21-10-19(30-26(33)5-2-6-27(30)34)16(12-36)8-23(21)28(17(13-37)14-38)22(20)7-15(18)11-35/h1-10H. The molecule has 0 unspecified atom stereocenters. The molecule has 0 saturated carbocycles. The highest BCUT2D eigenvalue weighted by atomic mass is 19.1. The Hall–Kier alpha value is -5.70. The fourth-order valence-electron chi connectivity index (χ4n) is 4.72. The van der Waals surface area contributed by atoms with Gasteiger partial charge in [-0.1, -0.05) is 12.1 Å². The molecule has 178 valence electrons. The molecule has 4 aromatic rings. The second kappa shape index (κ2) is 9.07. The molecule has 38 heavy (non-hydrogen) atoms. The smallest absolute Gasteiger partial charge is 0.138 e. The molecule has 0 heterocycles. The topological polar surface area (TPSA) is 95.2 Å². The van der Waals surface area contributed by atoms with Crippen molar-refractivity contribution in [1.29, 1.82) is 21.0 Å². The van der Waals surface area contributed by atoms with Crippen molar-refractivity contribution in [3.8, 4) is 57.7 Å². The van der Waals surface area contributed by atoms with Crippen molar-refractivity contribution < 1.29 is 17.6 Å². The summed E-state index contributed by atoms with van der Waals surface area (Å²) >= 11 is 0. The summed E-state index contributed by atoms with van der Waals surface area (Å²) in [5, 5.41) is 38.9. The van der Waals surface area contributed by atoms with Gasteiger partial charge in [0.25, 0.3) is 0 Å². The predicted molar refractivity (Wildman–Crippen MR) is 129 cm³/mol. The summed E-state index contributed by atoms with van der Waals surface area (Å²) < 4.78 is 58.9. The van der Waals surface area contributed by atoms with Crippen molar-refractivity contribution in [2.45, 2.75) is 0 Å². The van der Waals surface area contributed by atoms with Crippen LogP contribution >= 0.6 is 0 Å². The third kappa shape index (κ3) is 3.49. The van der Waals surface area contributed by atoms with Crippen molar-refractivity contribution in [1.82, 2.24) is 0 Å². The van der Waals surface area contributed by atoms with Crippen LogP contribution in [0.15, 0.2) is 66.2 Å². The average molecular weight is 502 g/mol. The number of fused-ring (bicyclic) bond motifs is 3. The SMILES string of the molecule is N#CC(C#N)=C1c2cc(C#N)c(-c3c(F)cccc3F)cc2-c2cc(-c3c(F)cccc3F)c(C#N)cc21. The van der Waals surface area contributed by atoms with Crippen LogP contribution in [0, 0.1) is 68.6 Å². The maximum absolute atomic E-state index is 14.7. The van der Waals surface area contributed by atoms with E-state index in [2.05, 4.69) is 0 Å². The van der Waals surface area contributed by atoms with Gasteiger partial charge in [0.1, 0.15) is 41.0 Å². The first-order valence-corrected chi connectivity index (χ1v) is 10.9. The first-order chi connectivity index (χ1) is 18.3. The molecular formula is C30H10F4N4. The monoisotopic (exact) mass is 502 g/mol. The van der Waals surface area contributed by atoms with Crippen molar-refractivity contribution in [3.63, 3.8) is 0 Å². The fraction of sp³-hybridized carbons (Fsp3) is 0. The minimum Gasteiger partial charge on any atom is -0.206 e. The maximum atomic E-state index is 14.7. The van der Waals surface area contributed by atoms with Gasteiger partial charge in [-0.15, -0.1) is 0 Å². The van der Waals surface area contributed by atoms with Gasteiger partial charge in [0, 0.05) is 16.7 Å².